The molecule has 1 aromatic heterocycles. The molecule has 0 saturated heterocycles. The van der Waals surface area contributed by atoms with E-state index in [1.165, 1.54) is 0 Å². The fourth-order valence-corrected chi connectivity index (χ4v) is 2.32. The topological polar surface area (TPSA) is 74.1 Å². The maximum Gasteiger partial charge on any atom is 0.0721 e. The van der Waals surface area contributed by atoms with Crippen molar-refractivity contribution >= 4 is 33.2 Å². The van der Waals surface area contributed by atoms with E-state index in [4.69, 9.17) is 10.8 Å². The molecule has 3 aromatic rings. The molecule has 5 N–H and O–H groups in total. The van der Waals surface area contributed by atoms with Gasteiger partial charge in [-0.05, 0) is 18.2 Å². The van der Waals surface area contributed by atoms with E-state index in [9.17, 15) is 0 Å². The summed E-state index contributed by atoms with van der Waals surface area (Å²) in [4.78, 5) is 3.37. The summed E-state index contributed by atoms with van der Waals surface area (Å²) in [6.45, 7) is 0.625. The molecule has 18 heavy (non-hydrogen) atoms. The number of aromatic amines is 1. The molecular formula is C14H15N3O. The largest absolute Gasteiger partial charge is 0.398 e. The molecule has 1 heterocycles. The van der Waals surface area contributed by atoms with Gasteiger partial charge in [0.05, 0.1) is 17.8 Å². The summed E-state index contributed by atoms with van der Waals surface area (Å²) in [6.07, 6.45) is 0. The Morgan fingerprint density at radius 3 is 2.83 bits per heavy atom. The third-order valence-corrected chi connectivity index (χ3v) is 3.12. The van der Waals surface area contributed by atoms with Crippen LogP contribution in [0.15, 0.2) is 36.4 Å². The smallest absolute Gasteiger partial charge is 0.0721 e. The van der Waals surface area contributed by atoms with Gasteiger partial charge in [0.25, 0.3) is 0 Å². The molecule has 92 valence electrons. The Morgan fingerprint density at radius 1 is 1.17 bits per heavy atom. The monoisotopic (exact) mass is 241 g/mol. The number of nitrogen functional groups attached to an aromatic ring is 1. The van der Waals surface area contributed by atoms with Crippen molar-refractivity contribution in [3.63, 3.8) is 0 Å². The third kappa shape index (κ3) is 1.58. The van der Waals surface area contributed by atoms with Crippen molar-refractivity contribution in [3.05, 3.63) is 36.4 Å². The van der Waals surface area contributed by atoms with Crippen molar-refractivity contribution in [2.45, 2.75) is 0 Å². The van der Waals surface area contributed by atoms with Gasteiger partial charge in [-0.15, -0.1) is 0 Å². The number of anilines is 2. The molecule has 0 bridgehead atoms. The maximum absolute atomic E-state index is 8.90. The van der Waals surface area contributed by atoms with Gasteiger partial charge in [-0.2, -0.15) is 0 Å². The molecule has 0 aliphatic rings. The number of H-pyrrole nitrogens is 1. The molecule has 0 unspecified atom stereocenters. The first kappa shape index (κ1) is 10.9. The Morgan fingerprint density at radius 2 is 2.00 bits per heavy atom. The first-order valence-corrected chi connectivity index (χ1v) is 5.95. The van der Waals surface area contributed by atoms with Gasteiger partial charge in [0.1, 0.15) is 0 Å². The second-order valence-electron chi connectivity index (χ2n) is 4.27. The van der Waals surface area contributed by atoms with E-state index in [0.29, 0.717) is 6.54 Å². The summed E-state index contributed by atoms with van der Waals surface area (Å²) < 4.78 is 0. The second-order valence-corrected chi connectivity index (χ2v) is 4.27. The van der Waals surface area contributed by atoms with Gasteiger partial charge in [-0.3, -0.25) is 0 Å². The molecule has 3 rings (SSSR count). The lowest BCUT2D eigenvalue weighted by Gasteiger charge is -2.07. The highest BCUT2D eigenvalue weighted by Crippen LogP contribution is 2.34. The van der Waals surface area contributed by atoms with Gasteiger partial charge in [0.2, 0.25) is 0 Å². The molecule has 0 spiro atoms. The number of nitrogens with one attached hydrogen (secondary N) is 2. The minimum absolute atomic E-state index is 0.103. The molecule has 0 fully saturated rings. The summed E-state index contributed by atoms with van der Waals surface area (Å²) in [5.74, 6) is 0. The quantitative estimate of drug-likeness (QED) is 0.532. The van der Waals surface area contributed by atoms with Crippen molar-refractivity contribution in [3.8, 4) is 0 Å². The summed E-state index contributed by atoms with van der Waals surface area (Å²) in [6, 6.07) is 11.9. The minimum Gasteiger partial charge on any atom is -0.398 e. The number of fused-ring (bicyclic) bond motifs is 3. The zero-order valence-electron chi connectivity index (χ0n) is 9.90. The van der Waals surface area contributed by atoms with Crippen molar-refractivity contribution in [2.24, 2.45) is 0 Å². The van der Waals surface area contributed by atoms with Crippen LogP contribution in [-0.2, 0) is 0 Å². The van der Waals surface area contributed by atoms with Crippen LogP contribution < -0.4 is 11.1 Å². The highest BCUT2D eigenvalue weighted by molar-refractivity contribution is 6.16. The zero-order valence-corrected chi connectivity index (χ0v) is 9.90. The highest BCUT2D eigenvalue weighted by Gasteiger charge is 2.10. The Labute approximate surface area is 104 Å². The Balaban J connectivity index is 2.31. The van der Waals surface area contributed by atoms with E-state index >= 15 is 0 Å². The minimum atomic E-state index is 0.103. The van der Waals surface area contributed by atoms with Gasteiger partial charge in [0.15, 0.2) is 0 Å². The van der Waals surface area contributed by atoms with E-state index in [1.807, 2.05) is 30.3 Å². The normalized spacial score (nSPS) is 11.2. The van der Waals surface area contributed by atoms with Crippen molar-refractivity contribution in [1.82, 2.24) is 4.98 Å². The number of rotatable bonds is 3. The molecule has 0 aliphatic carbocycles. The molecule has 0 amide bonds. The molecule has 0 saturated carbocycles. The predicted molar refractivity (Wildman–Crippen MR) is 75.8 cm³/mol. The lowest BCUT2D eigenvalue weighted by Crippen LogP contribution is -2.06. The highest BCUT2D eigenvalue weighted by atomic mass is 16.3. The van der Waals surface area contributed by atoms with E-state index < -0.39 is 0 Å². The van der Waals surface area contributed by atoms with Crippen LogP contribution in [-0.4, -0.2) is 23.2 Å². The number of hydrogen-bond acceptors (Lipinski definition) is 3. The number of hydrogen-bond donors (Lipinski definition) is 4. The van der Waals surface area contributed by atoms with Gasteiger partial charge >= 0.3 is 0 Å². The van der Waals surface area contributed by atoms with Crippen molar-refractivity contribution in [2.75, 3.05) is 24.2 Å². The molecule has 4 heteroatoms. The van der Waals surface area contributed by atoms with Crippen molar-refractivity contribution in [1.29, 1.82) is 0 Å². The second kappa shape index (κ2) is 4.23. The number of aliphatic hydroxyl groups is 1. The Bertz CT molecular complexity index is 703. The average Bonchev–Trinajstić information content (AvgIpc) is 2.78. The fraction of sp³-hybridized carbons (Fsp3) is 0.143. The van der Waals surface area contributed by atoms with Crippen LogP contribution >= 0.6 is 0 Å². The average molecular weight is 241 g/mol. The van der Waals surface area contributed by atoms with Crippen LogP contribution in [0, 0.1) is 0 Å². The summed E-state index contributed by atoms with van der Waals surface area (Å²) in [7, 11) is 0. The number of aliphatic hydroxyl groups excluding tert-OH is 1. The summed E-state index contributed by atoms with van der Waals surface area (Å²) in [5.41, 5.74) is 9.85. The molecular weight excluding hydrogens is 226 g/mol. The van der Waals surface area contributed by atoms with Gasteiger partial charge in [-0.25, -0.2) is 0 Å². The van der Waals surface area contributed by atoms with Gasteiger partial charge in [-0.1, -0.05) is 18.2 Å². The van der Waals surface area contributed by atoms with E-state index in [-0.39, 0.29) is 6.61 Å². The first-order chi connectivity index (χ1) is 8.81. The van der Waals surface area contributed by atoms with Crippen LogP contribution in [0.3, 0.4) is 0 Å². The lowest BCUT2D eigenvalue weighted by molar-refractivity contribution is 0.311. The van der Waals surface area contributed by atoms with Crippen LogP contribution in [0.5, 0.6) is 0 Å². The van der Waals surface area contributed by atoms with E-state index in [1.54, 1.807) is 0 Å². The third-order valence-electron chi connectivity index (χ3n) is 3.12. The van der Waals surface area contributed by atoms with E-state index in [0.717, 1.165) is 33.2 Å². The zero-order chi connectivity index (χ0) is 12.5. The molecule has 0 aliphatic heterocycles. The Hall–Kier alpha value is -2.20. The van der Waals surface area contributed by atoms with Crippen molar-refractivity contribution < 1.29 is 5.11 Å². The number of nitrogens with two attached hydrogens (primary N) is 1. The molecule has 2 aromatic carbocycles. The SMILES string of the molecule is Nc1ccc(NCCO)c2[nH]c3ccccc3c12. The van der Waals surface area contributed by atoms with Crippen LogP contribution in [0.4, 0.5) is 11.4 Å². The number of para-hydroxylation sites is 1. The van der Waals surface area contributed by atoms with Crippen LogP contribution in [0.1, 0.15) is 0 Å². The maximum atomic E-state index is 8.90. The molecule has 0 radical (unpaired) electrons. The Kier molecular flexibility index (Phi) is 2.57. The van der Waals surface area contributed by atoms with Crippen LogP contribution in [0.2, 0.25) is 0 Å². The van der Waals surface area contributed by atoms with E-state index in [2.05, 4.69) is 16.4 Å². The van der Waals surface area contributed by atoms with Crippen LogP contribution in [0.25, 0.3) is 21.8 Å². The molecule has 0 atom stereocenters. The fourth-order valence-electron chi connectivity index (χ4n) is 2.32. The standard InChI is InChI=1S/C14H15N3O/c15-10-5-6-12(16-7-8-18)14-13(10)9-3-1-2-4-11(9)17-14/h1-6,16-18H,7-8,15H2. The van der Waals surface area contributed by atoms with Gasteiger partial charge in [0, 0.05) is 28.5 Å². The summed E-state index contributed by atoms with van der Waals surface area (Å²) in [5, 5.41) is 14.2. The molecule has 4 nitrogen and oxygen atoms in total. The first-order valence-electron chi connectivity index (χ1n) is 5.95. The number of benzene rings is 2. The number of aromatic nitrogens is 1. The van der Waals surface area contributed by atoms with Gasteiger partial charge < -0.3 is 21.1 Å². The summed E-state index contributed by atoms with van der Waals surface area (Å²) >= 11 is 0. The lowest BCUT2D eigenvalue weighted by atomic mass is 10.1. The predicted octanol–water partition coefficient (Wildman–Crippen LogP) is 2.31.